The standard InChI is InChI=1S/C17H26F5N3O3S/c1-5-29(26,27)14(10-13(2)11-23-3)8-6-7-9-15(25-24-4)28-12-16(18,19)17(20,21)22/h7,9-11,23-24H,5-6,8,12H2,1-4H3/b9-7-,13-11-,14-10+,25-15+. The molecule has 0 atom stereocenters. The molecule has 0 aliphatic carbocycles. The molecule has 0 bridgehead atoms. The number of ether oxygens (including phenoxy) is 1. The molecule has 0 amide bonds. The summed E-state index contributed by atoms with van der Waals surface area (Å²) >= 11 is 0. The van der Waals surface area contributed by atoms with Gasteiger partial charge in [0, 0.05) is 19.0 Å². The van der Waals surface area contributed by atoms with Crippen LogP contribution in [0.15, 0.2) is 40.0 Å². The van der Waals surface area contributed by atoms with Crippen molar-refractivity contribution in [3.8, 4) is 0 Å². The summed E-state index contributed by atoms with van der Waals surface area (Å²) in [4.78, 5) is 0.172. The van der Waals surface area contributed by atoms with E-state index in [-0.39, 0.29) is 23.5 Å². The third kappa shape index (κ3) is 9.77. The third-order valence-electron chi connectivity index (χ3n) is 3.40. The largest absolute Gasteiger partial charge is 0.470 e. The zero-order valence-electron chi connectivity index (χ0n) is 16.6. The van der Waals surface area contributed by atoms with Crippen LogP contribution in [0.25, 0.3) is 0 Å². The zero-order chi connectivity index (χ0) is 22.7. The van der Waals surface area contributed by atoms with Crippen molar-refractivity contribution in [3.05, 3.63) is 34.9 Å². The molecule has 0 saturated carbocycles. The minimum Gasteiger partial charge on any atom is -0.470 e. The van der Waals surface area contributed by atoms with Crippen LogP contribution in [-0.2, 0) is 14.6 Å². The molecule has 0 radical (unpaired) electrons. The van der Waals surface area contributed by atoms with Gasteiger partial charge in [-0.25, -0.2) is 8.42 Å². The summed E-state index contributed by atoms with van der Waals surface area (Å²) in [6, 6.07) is 0. The molecule has 6 nitrogen and oxygen atoms in total. The van der Waals surface area contributed by atoms with E-state index in [9.17, 15) is 30.4 Å². The fourth-order valence-electron chi connectivity index (χ4n) is 1.91. The average molecular weight is 447 g/mol. The van der Waals surface area contributed by atoms with Gasteiger partial charge in [-0.2, -0.15) is 22.0 Å². The smallest absolute Gasteiger partial charge is 0.456 e. The highest BCUT2D eigenvalue weighted by Crippen LogP contribution is 2.35. The Kier molecular flexibility index (Phi) is 10.9. The Hall–Kier alpha value is -2.11. The molecule has 168 valence electrons. The van der Waals surface area contributed by atoms with E-state index in [2.05, 4.69) is 20.6 Å². The van der Waals surface area contributed by atoms with E-state index in [1.54, 1.807) is 20.2 Å². The number of halogens is 5. The number of hydrazone groups is 1. The molecule has 0 spiro atoms. The summed E-state index contributed by atoms with van der Waals surface area (Å²) in [6.07, 6.45) is 0.119. The lowest BCUT2D eigenvalue weighted by Crippen LogP contribution is -2.41. The highest BCUT2D eigenvalue weighted by atomic mass is 32.2. The number of nitrogens with zero attached hydrogens (tertiary/aromatic N) is 1. The van der Waals surface area contributed by atoms with Crippen molar-refractivity contribution in [1.29, 1.82) is 0 Å². The van der Waals surface area contributed by atoms with Crippen LogP contribution in [0.2, 0.25) is 0 Å². The van der Waals surface area contributed by atoms with Crippen LogP contribution in [0.3, 0.4) is 0 Å². The second-order valence-electron chi connectivity index (χ2n) is 5.80. The molecular weight excluding hydrogens is 421 g/mol. The van der Waals surface area contributed by atoms with Crippen LogP contribution < -0.4 is 10.7 Å². The van der Waals surface area contributed by atoms with E-state index in [0.717, 1.165) is 6.08 Å². The Morgan fingerprint density at radius 3 is 2.28 bits per heavy atom. The minimum atomic E-state index is -5.74. The maximum Gasteiger partial charge on any atom is 0.456 e. The molecular formula is C17H26F5N3O3S. The lowest BCUT2D eigenvalue weighted by molar-refractivity contribution is -0.291. The van der Waals surface area contributed by atoms with Crippen molar-refractivity contribution >= 4 is 15.7 Å². The van der Waals surface area contributed by atoms with Gasteiger partial charge in [-0.3, -0.25) is 0 Å². The van der Waals surface area contributed by atoms with Crippen LogP contribution in [0, 0.1) is 0 Å². The van der Waals surface area contributed by atoms with Gasteiger partial charge in [0.25, 0.3) is 0 Å². The average Bonchev–Trinajstić information content (AvgIpc) is 2.61. The predicted octanol–water partition coefficient (Wildman–Crippen LogP) is 3.51. The van der Waals surface area contributed by atoms with Crippen LogP contribution in [0.1, 0.15) is 26.7 Å². The van der Waals surface area contributed by atoms with E-state index in [1.807, 2.05) is 0 Å². The molecule has 0 aliphatic heterocycles. The lowest BCUT2D eigenvalue weighted by Gasteiger charge is -2.19. The van der Waals surface area contributed by atoms with Crippen molar-refractivity contribution in [2.45, 2.75) is 38.8 Å². The van der Waals surface area contributed by atoms with Crippen molar-refractivity contribution in [2.75, 3.05) is 26.5 Å². The first-order valence-corrected chi connectivity index (χ1v) is 10.2. The van der Waals surface area contributed by atoms with Gasteiger partial charge in [0.1, 0.15) is 0 Å². The molecule has 0 aromatic rings. The number of sulfone groups is 1. The van der Waals surface area contributed by atoms with Gasteiger partial charge in [-0.1, -0.05) is 13.0 Å². The lowest BCUT2D eigenvalue weighted by atomic mass is 10.2. The van der Waals surface area contributed by atoms with E-state index < -0.39 is 34.4 Å². The maximum atomic E-state index is 12.9. The number of rotatable bonds is 11. The van der Waals surface area contributed by atoms with Crippen molar-refractivity contribution in [2.24, 2.45) is 5.10 Å². The van der Waals surface area contributed by atoms with E-state index in [4.69, 9.17) is 0 Å². The molecule has 0 aromatic heterocycles. The third-order valence-corrected chi connectivity index (χ3v) is 5.28. The van der Waals surface area contributed by atoms with E-state index in [1.165, 1.54) is 26.1 Å². The molecule has 0 aromatic carbocycles. The molecule has 0 saturated heterocycles. The number of nitrogens with one attached hydrogen (secondary N) is 2. The van der Waals surface area contributed by atoms with Gasteiger partial charge in [0.05, 0.1) is 5.75 Å². The summed E-state index contributed by atoms with van der Waals surface area (Å²) in [7, 11) is -0.494. The van der Waals surface area contributed by atoms with Crippen molar-refractivity contribution in [1.82, 2.24) is 10.7 Å². The van der Waals surface area contributed by atoms with Gasteiger partial charge in [-0.05, 0) is 43.7 Å². The van der Waals surface area contributed by atoms with Crippen LogP contribution in [-0.4, -0.2) is 52.9 Å². The summed E-state index contributed by atoms with van der Waals surface area (Å²) in [5, 5.41) is 6.25. The van der Waals surface area contributed by atoms with Gasteiger partial charge in [0.15, 0.2) is 16.4 Å². The summed E-state index contributed by atoms with van der Waals surface area (Å²) in [5.74, 6) is -5.62. The molecule has 0 unspecified atom stereocenters. The summed E-state index contributed by atoms with van der Waals surface area (Å²) in [5.41, 5.74) is 2.91. The highest BCUT2D eigenvalue weighted by molar-refractivity contribution is 7.95. The van der Waals surface area contributed by atoms with Crippen molar-refractivity contribution in [3.63, 3.8) is 0 Å². The van der Waals surface area contributed by atoms with Gasteiger partial charge >= 0.3 is 12.1 Å². The van der Waals surface area contributed by atoms with Crippen LogP contribution in [0.4, 0.5) is 22.0 Å². The van der Waals surface area contributed by atoms with Crippen LogP contribution in [0.5, 0.6) is 0 Å². The fourth-order valence-corrected chi connectivity index (χ4v) is 3.08. The first-order chi connectivity index (χ1) is 13.3. The van der Waals surface area contributed by atoms with Gasteiger partial charge < -0.3 is 15.5 Å². The molecule has 0 aliphatic rings. The predicted molar refractivity (Wildman–Crippen MR) is 102 cm³/mol. The normalized spacial score (nSPS) is 15.0. The Labute approximate surface area is 167 Å². The van der Waals surface area contributed by atoms with Gasteiger partial charge in [0.2, 0.25) is 5.90 Å². The Morgan fingerprint density at radius 1 is 1.17 bits per heavy atom. The maximum absolute atomic E-state index is 12.9. The SMILES string of the molecule is CCS(=O)(=O)/C(=C/C(C)=C\NC)CC/C=C\C(=N/NC)OCC(F)(F)C(F)(F)F. The Balaban J connectivity index is 5.18. The minimum absolute atomic E-state index is 0.0997. The molecule has 0 heterocycles. The highest BCUT2D eigenvalue weighted by Gasteiger charge is 2.58. The Morgan fingerprint density at radius 2 is 1.79 bits per heavy atom. The van der Waals surface area contributed by atoms with Gasteiger partial charge in [-0.15, -0.1) is 5.10 Å². The van der Waals surface area contributed by atoms with E-state index in [0.29, 0.717) is 5.57 Å². The number of alkyl halides is 5. The summed E-state index contributed by atoms with van der Waals surface area (Å²) in [6.45, 7) is 1.29. The number of allylic oxidation sites excluding steroid dienone is 4. The first kappa shape index (κ1) is 26.9. The fraction of sp³-hybridized carbons (Fsp3) is 0.588. The quantitative estimate of drug-likeness (QED) is 0.167. The monoisotopic (exact) mass is 447 g/mol. The molecule has 12 heteroatoms. The van der Waals surface area contributed by atoms with E-state index >= 15 is 0 Å². The zero-order valence-corrected chi connectivity index (χ0v) is 17.4. The number of hydrogen-bond acceptors (Lipinski definition) is 6. The second-order valence-corrected chi connectivity index (χ2v) is 8.13. The summed E-state index contributed by atoms with van der Waals surface area (Å²) < 4.78 is 91.3. The molecule has 2 N–H and O–H groups in total. The van der Waals surface area contributed by atoms with Crippen LogP contribution >= 0.6 is 0 Å². The molecule has 29 heavy (non-hydrogen) atoms. The number of hydrogen-bond donors (Lipinski definition) is 2. The topological polar surface area (TPSA) is 79.8 Å². The van der Waals surface area contributed by atoms with Crippen molar-refractivity contribution < 1.29 is 35.1 Å². The first-order valence-electron chi connectivity index (χ1n) is 8.56. The Bertz CT molecular complexity index is 742. The second kappa shape index (κ2) is 11.8. The molecule has 0 rings (SSSR count). The molecule has 0 fully saturated rings.